The van der Waals surface area contributed by atoms with Crippen LogP contribution in [0.1, 0.15) is 264 Å². The Labute approximate surface area is 462 Å². The van der Waals surface area contributed by atoms with Crippen molar-refractivity contribution in [1.29, 1.82) is 0 Å². The van der Waals surface area contributed by atoms with Crippen molar-refractivity contribution < 1.29 is 42.1 Å². The topological polar surface area (TPSA) is 111 Å². The highest BCUT2D eigenvalue weighted by atomic mass is 31.2. The second-order valence-electron chi connectivity index (χ2n) is 21.7. The Bertz CT molecular complexity index is 1540. The summed E-state index contributed by atoms with van der Waals surface area (Å²) in [5, 5.41) is 0. The van der Waals surface area contributed by atoms with Crippen LogP contribution in [0.2, 0.25) is 0 Å². The lowest BCUT2D eigenvalue weighted by atomic mass is 10.0. The number of carbonyl (C=O) groups excluding carboxylic acids is 2. The van der Waals surface area contributed by atoms with Gasteiger partial charge in [-0.15, -0.1) is 0 Å². The Hall–Kier alpha value is -2.81. The molecule has 9 nitrogen and oxygen atoms in total. The Balaban J connectivity index is 4.07. The maximum absolute atomic E-state index is 12.8. The minimum absolute atomic E-state index is 0.0319. The van der Waals surface area contributed by atoms with Crippen LogP contribution in [0, 0.1) is 0 Å². The quantitative estimate of drug-likeness (QED) is 0.0195. The van der Waals surface area contributed by atoms with Crippen LogP contribution in [0.15, 0.2) is 85.1 Å². The molecule has 75 heavy (non-hydrogen) atoms. The van der Waals surface area contributed by atoms with Crippen LogP contribution in [-0.4, -0.2) is 70.0 Å². The molecular weight excluding hydrogens is 954 g/mol. The summed E-state index contributed by atoms with van der Waals surface area (Å²) in [4.78, 5) is 37.9. The van der Waals surface area contributed by atoms with E-state index in [-0.39, 0.29) is 32.0 Å². The zero-order valence-corrected chi connectivity index (χ0v) is 50.1. The van der Waals surface area contributed by atoms with E-state index in [2.05, 4.69) is 98.9 Å². The number of allylic oxidation sites excluding steroid dienone is 14. The van der Waals surface area contributed by atoms with E-state index < -0.39 is 26.5 Å². The van der Waals surface area contributed by atoms with Gasteiger partial charge in [-0.3, -0.25) is 14.2 Å². The second-order valence-corrected chi connectivity index (χ2v) is 23.1. The monoisotopic (exact) mass is 1070 g/mol. The highest BCUT2D eigenvalue weighted by Crippen LogP contribution is 2.38. The predicted octanol–water partition coefficient (Wildman–Crippen LogP) is 18.8. The van der Waals surface area contributed by atoms with Crippen molar-refractivity contribution in [3.8, 4) is 0 Å². The molecule has 0 saturated carbocycles. The average molecular weight is 1070 g/mol. The fourth-order valence-electron chi connectivity index (χ4n) is 8.46. The maximum Gasteiger partial charge on any atom is 0.306 e. The van der Waals surface area contributed by atoms with E-state index in [1.54, 1.807) is 0 Å². The number of quaternary nitrogens is 1. The van der Waals surface area contributed by atoms with Gasteiger partial charge in [-0.2, -0.15) is 0 Å². The van der Waals surface area contributed by atoms with Crippen molar-refractivity contribution in [2.75, 3.05) is 47.5 Å². The first-order valence-corrected chi connectivity index (χ1v) is 32.3. The van der Waals surface area contributed by atoms with E-state index >= 15 is 0 Å². The zero-order chi connectivity index (χ0) is 54.9. The number of hydrogen-bond acceptors (Lipinski definition) is 8. The molecule has 0 radical (unpaired) electrons. The lowest BCUT2D eigenvalue weighted by Crippen LogP contribution is -2.37. The predicted molar refractivity (Wildman–Crippen MR) is 319 cm³/mol. The SMILES string of the molecule is CC/C=C\C/C=C\C/C=C\C/C=C\C/C=C\C/C=C\C/C=C\CCCCCCCCCCCCCCCC(=O)OC(COC(=O)CCCCCCCCCCCCCCCCCC)COP(=O)([O-])OCC[N+](C)(C)C. The molecule has 0 fully saturated rings. The van der Waals surface area contributed by atoms with Gasteiger partial charge in [0.2, 0.25) is 0 Å². The summed E-state index contributed by atoms with van der Waals surface area (Å²) < 4.78 is 34.2. The third kappa shape index (κ3) is 60.3. The molecule has 0 aliphatic rings. The summed E-state index contributed by atoms with van der Waals surface area (Å²) in [6.07, 6.45) is 74.9. The van der Waals surface area contributed by atoms with Crippen LogP contribution in [0.25, 0.3) is 0 Å². The Morgan fingerprint density at radius 2 is 0.760 bits per heavy atom. The number of likely N-dealkylation sites (N-methyl/N-ethyl adjacent to an activating group) is 1. The first kappa shape index (κ1) is 72.2. The lowest BCUT2D eigenvalue weighted by Gasteiger charge is -2.28. The molecule has 0 heterocycles. The van der Waals surface area contributed by atoms with Crippen LogP contribution in [0.3, 0.4) is 0 Å². The Morgan fingerprint density at radius 1 is 0.427 bits per heavy atom. The molecule has 0 aliphatic heterocycles. The number of esters is 2. The largest absolute Gasteiger partial charge is 0.756 e. The number of rotatable bonds is 56. The van der Waals surface area contributed by atoms with Crippen LogP contribution < -0.4 is 4.89 Å². The molecular formula is C65H116NO8P. The summed E-state index contributed by atoms with van der Waals surface area (Å²) in [5.41, 5.74) is 0. The number of carbonyl (C=O) groups is 2. The van der Waals surface area contributed by atoms with E-state index in [9.17, 15) is 19.0 Å². The minimum atomic E-state index is -4.64. The molecule has 0 N–H and O–H groups in total. The van der Waals surface area contributed by atoms with E-state index in [0.29, 0.717) is 17.4 Å². The summed E-state index contributed by atoms with van der Waals surface area (Å²) in [6, 6.07) is 0. The maximum atomic E-state index is 12.8. The molecule has 0 bridgehead atoms. The fraction of sp³-hybridized carbons (Fsp3) is 0.754. The van der Waals surface area contributed by atoms with Crippen LogP contribution in [-0.2, 0) is 32.7 Å². The van der Waals surface area contributed by atoms with Crippen molar-refractivity contribution in [2.45, 2.75) is 270 Å². The fourth-order valence-corrected chi connectivity index (χ4v) is 9.19. The van der Waals surface area contributed by atoms with Gasteiger partial charge in [0.15, 0.2) is 6.10 Å². The summed E-state index contributed by atoms with van der Waals surface area (Å²) in [7, 11) is 1.17. The second kappa shape index (κ2) is 55.9. The molecule has 0 aliphatic carbocycles. The van der Waals surface area contributed by atoms with Gasteiger partial charge in [0, 0.05) is 12.8 Å². The molecule has 0 aromatic rings. The lowest BCUT2D eigenvalue weighted by molar-refractivity contribution is -0.870. The molecule has 434 valence electrons. The molecule has 0 aromatic heterocycles. The van der Waals surface area contributed by atoms with E-state index in [1.807, 2.05) is 21.1 Å². The van der Waals surface area contributed by atoms with Gasteiger partial charge >= 0.3 is 11.9 Å². The molecule has 10 heteroatoms. The van der Waals surface area contributed by atoms with E-state index in [0.717, 1.165) is 83.5 Å². The highest BCUT2D eigenvalue weighted by molar-refractivity contribution is 7.45. The van der Waals surface area contributed by atoms with E-state index in [4.69, 9.17) is 18.5 Å². The number of phosphoric ester groups is 1. The van der Waals surface area contributed by atoms with Crippen molar-refractivity contribution in [3.05, 3.63) is 85.1 Å². The Morgan fingerprint density at radius 3 is 1.13 bits per heavy atom. The van der Waals surface area contributed by atoms with E-state index in [1.165, 1.54) is 148 Å². The molecule has 2 atom stereocenters. The molecule has 0 saturated heterocycles. The van der Waals surface area contributed by atoms with Gasteiger partial charge in [-0.1, -0.05) is 266 Å². The number of unbranched alkanes of at least 4 members (excludes halogenated alkanes) is 28. The Kier molecular flexibility index (Phi) is 53.8. The zero-order valence-electron chi connectivity index (χ0n) is 49.2. The standard InChI is InChI=1S/C65H116NO8P/c1-6-8-10-12-14-16-18-20-22-24-25-26-27-28-29-30-31-32-33-34-35-36-37-38-39-40-41-42-44-46-48-50-52-54-56-58-65(68)74-63(62-73-75(69,70)72-60-59-66(3,4)5)61-71-64(67)57-55-53-51-49-47-45-43-23-21-19-17-15-13-11-9-7-2/h8,10,14,16,20,22,25-26,28-29,31-32,34-35,63H,6-7,9,11-13,15,17-19,21,23-24,27,30,33,36-62H2,1-5H3/b10-8-,16-14-,22-20-,26-25-,29-28-,32-31-,35-34-. The van der Waals surface area contributed by atoms with Gasteiger partial charge < -0.3 is 27.9 Å². The number of phosphoric acid groups is 1. The molecule has 0 amide bonds. The van der Waals surface area contributed by atoms with Gasteiger partial charge in [-0.05, 0) is 70.6 Å². The van der Waals surface area contributed by atoms with Crippen molar-refractivity contribution >= 4 is 19.8 Å². The van der Waals surface area contributed by atoms with Gasteiger partial charge in [0.05, 0.1) is 27.7 Å². The third-order valence-corrected chi connectivity index (χ3v) is 14.1. The van der Waals surface area contributed by atoms with Crippen LogP contribution in [0.5, 0.6) is 0 Å². The van der Waals surface area contributed by atoms with Crippen molar-refractivity contribution in [2.24, 2.45) is 0 Å². The van der Waals surface area contributed by atoms with Crippen molar-refractivity contribution in [3.63, 3.8) is 0 Å². The molecule has 0 spiro atoms. The van der Waals surface area contributed by atoms with Gasteiger partial charge in [0.25, 0.3) is 7.82 Å². The van der Waals surface area contributed by atoms with Crippen LogP contribution in [0.4, 0.5) is 0 Å². The molecule has 2 unspecified atom stereocenters. The number of nitrogens with zero attached hydrogens (tertiary/aromatic N) is 1. The third-order valence-electron chi connectivity index (χ3n) is 13.2. The summed E-state index contributed by atoms with van der Waals surface area (Å²) in [5.74, 6) is -0.827. The first-order valence-electron chi connectivity index (χ1n) is 30.8. The summed E-state index contributed by atoms with van der Waals surface area (Å²) >= 11 is 0. The van der Waals surface area contributed by atoms with Crippen molar-refractivity contribution in [1.82, 2.24) is 0 Å². The number of hydrogen-bond donors (Lipinski definition) is 0. The average Bonchev–Trinajstić information content (AvgIpc) is 3.37. The summed E-state index contributed by atoms with van der Waals surface area (Å²) in [6.45, 7) is 4.15. The normalized spacial score (nSPS) is 13.8. The number of ether oxygens (including phenoxy) is 2. The van der Waals surface area contributed by atoms with Gasteiger partial charge in [-0.25, -0.2) is 0 Å². The van der Waals surface area contributed by atoms with Crippen LogP contribution >= 0.6 is 7.82 Å². The first-order chi connectivity index (χ1) is 36.5. The highest BCUT2D eigenvalue weighted by Gasteiger charge is 2.22. The molecule has 0 rings (SSSR count). The smallest absolute Gasteiger partial charge is 0.306 e. The minimum Gasteiger partial charge on any atom is -0.756 e. The molecule has 0 aromatic carbocycles. The van der Waals surface area contributed by atoms with Gasteiger partial charge in [0.1, 0.15) is 19.8 Å².